The van der Waals surface area contributed by atoms with E-state index in [9.17, 15) is 4.39 Å². The van der Waals surface area contributed by atoms with Crippen LogP contribution in [0.3, 0.4) is 0 Å². The van der Waals surface area contributed by atoms with E-state index in [2.05, 4.69) is 46.7 Å². The molecule has 0 aliphatic carbocycles. The van der Waals surface area contributed by atoms with Gasteiger partial charge in [-0.3, -0.25) is 4.90 Å². The molecule has 0 atom stereocenters. The number of unbranched alkanes of at least 4 members (excludes halogenated alkanes) is 1. The predicted molar refractivity (Wildman–Crippen MR) is 142 cm³/mol. The van der Waals surface area contributed by atoms with Crippen molar-refractivity contribution in [3.8, 4) is 5.75 Å². The van der Waals surface area contributed by atoms with Crippen molar-refractivity contribution in [3.05, 3.63) is 65.5 Å². The van der Waals surface area contributed by atoms with Crippen molar-refractivity contribution in [2.45, 2.75) is 32.9 Å². The molecular formula is C25H36FIN4O2. The molecule has 1 aliphatic heterocycles. The van der Waals surface area contributed by atoms with Gasteiger partial charge in [0.1, 0.15) is 11.6 Å². The lowest BCUT2D eigenvalue weighted by Gasteiger charge is -2.27. The van der Waals surface area contributed by atoms with Gasteiger partial charge in [-0.2, -0.15) is 0 Å². The molecule has 0 aromatic heterocycles. The largest absolute Gasteiger partial charge is 0.494 e. The fourth-order valence-electron chi connectivity index (χ4n) is 3.53. The highest BCUT2D eigenvalue weighted by Gasteiger charge is 2.12. The summed E-state index contributed by atoms with van der Waals surface area (Å²) < 4.78 is 24.0. The highest BCUT2D eigenvalue weighted by molar-refractivity contribution is 14.0. The van der Waals surface area contributed by atoms with Crippen molar-refractivity contribution < 1.29 is 13.9 Å². The average molecular weight is 570 g/mol. The zero-order chi connectivity index (χ0) is 22.4. The van der Waals surface area contributed by atoms with E-state index in [4.69, 9.17) is 14.5 Å². The van der Waals surface area contributed by atoms with Gasteiger partial charge in [0, 0.05) is 32.7 Å². The fourth-order valence-corrected chi connectivity index (χ4v) is 3.53. The highest BCUT2D eigenvalue weighted by atomic mass is 127. The maximum atomic E-state index is 12.9. The van der Waals surface area contributed by atoms with Gasteiger partial charge in [-0.15, -0.1) is 24.0 Å². The molecule has 182 valence electrons. The van der Waals surface area contributed by atoms with Crippen LogP contribution in [0.4, 0.5) is 4.39 Å². The summed E-state index contributed by atoms with van der Waals surface area (Å²) in [6, 6.07) is 14.7. The predicted octanol–water partition coefficient (Wildman–Crippen LogP) is 4.19. The molecule has 2 N–H and O–H groups in total. The molecule has 0 saturated carbocycles. The topological polar surface area (TPSA) is 58.1 Å². The Hall–Kier alpha value is -1.91. The van der Waals surface area contributed by atoms with Crippen LogP contribution in [0.1, 0.15) is 30.9 Å². The van der Waals surface area contributed by atoms with Gasteiger partial charge >= 0.3 is 0 Å². The molecule has 0 radical (unpaired) electrons. The van der Waals surface area contributed by atoms with Crippen LogP contribution < -0.4 is 15.4 Å². The zero-order valence-corrected chi connectivity index (χ0v) is 21.7. The third kappa shape index (κ3) is 10.3. The van der Waals surface area contributed by atoms with E-state index in [0.29, 0.717) is 18.9 Å². The number of hydrogen-bond donors (Lipinski definition) is 2. The smallest absolute Gasteiger partial charge is 0.191 e. The highest BCUT2D eigenvalue weighted by Crippen LogP contribution is 2.14. The van der Waals surface area contributed by atoms with Gasteiger partial charge in [0.05, 0.1) is 26.4 Å². The van der Waals surface area contributed by atoms with Crippen molar-refractivity contribution >= 4 is 29.9 Å². The monoisotopic (exact) mass is 570 g/mol. The van der Waals surface area contributed by atoms with Crippen LogP contribution in [0.5, 0.6) is 5.75 Å². The molecule has 0 bridgehead atoms. The molecular weight excluding hydrogens is 534 g/mol. The number of aliphatic imine (C=N–C) groups is 1. The lowest BCUT2D eigenvalue weighted by molar-refractivity contribution is 0.0341. The average Bonchev–Trinajstić information content (AvgIpc) is 2.82. The lowest BCUT2D eigenvalue weighted by atomic mass is 10.1. The van der Waals surface area contributed by atoms with Crippen LogP contribution in [0.2, 0.25) is 0 Å². The number of benzene rings is 2. The number of hydrogen-bond acceptors (Lipinski definition) is 4. The van der Waals surface area contributed by atoms with Crippen LogP contribution in [0, 0.1) is 5.82 Å². The van der Waals surface area contributed by atoms with Crippen LogP contribution in [0.15, 0.2) is 53.5 Å². The van der Waals surface area contributed by atoms with E-state index in [1.54, 1.807) is 12.1 Å². The van der Waals surface area contributed by atoms with Gasteiger partial charge in [-0.1, -0.05) is 24.3 Å². The van der Waals surface area contributed by atoms with Gasteiger partial charge in [-0.05, 0) is 55.2 Å². The minimum Gasteiger partial charge on any atom is -0.494 e. The van der Waals surface area contributed by atoms with E-state index in [1.807, 2.05) is 0 Å². The fraction of sp³-hybridized carbons (Fsp3) is 0.480. The first kappa shape index (κ1) is 27.3. The maximum absolute atomic E-state index is 12.9. The Morgan fingerprint density at radius 2 is 1.76 bits per heavy atom. The number of ether oxygens (including phenoxy) is 2. The van der Waals surface area contributed by atoms with Gasteiger partial charge < -0.3 is 20.1 Å². The van der Waals surface area contributed by atoms with E-state index >= 15 is 0 Å². The maximum Gasteiger partial charge on any atom is 0.191 e. The summed E-state index contributed by atoms with van der Waals surface area (Å²) >= 11 is 0. The molecule has 2 aromatic carbocycles. The van der Waals surface area contributed by atoms with Crippen molar-refractivity contribution in [1.82, 2.24) is 15.5 Å². The summed E-state index contributed by atoms with van der Waals surface area (Å²) in [5.41, 5.74) is 2.58. The van der Waals surface area contributed by atoms with E-state index in [1.165, 1.54) is 23.3 Å². The summed E-state index contributed by atoms with van der Waals surface area (Å²) in [5.74, 6) is 1.28. The molecule has 8 heteroatoms. The van der Waals surface area contributed by atoms with E-state index < -0.39 is 0 Å². The molecule has 1 fully saturated rings. The molecule has 3 rings (SSSR count). The standard InChI is InChI=1S/C25H35FN4O2.HI/c1-2-27-25(28-13-5-6-16-32-24-11-9-23(26)10-12-24)29-19-21-7-3-4-8-22(21)20-30-14-17-31-18-15-30;/h3-4,7-12H,2,5-6,13-20H2,1H3,(H2,27,28,29);1H. The van der Waals surface area contributed by atoms with Gasteiger partial charge in [0.2, 0.25) is 0 Å². The minimum absolute atomic E-state index is 0. The number of nitrogens with zero attached hydrogens (tertiary/aromatic N) is 2. The summed E-state index contributed by atoms with van der Waals surface area (Å²) in [6.45, 7) is 9.46. The summed E-state index contributed by atoms with van der Waals surface area (Å²) in [4.78, 5) is 7.23. The summed E-state index contributed by atoms with van der Waals surface area (Å²) in [7, 11) is 0. The molecule has 33 heavy (non-hydrogen) atoms. The minimum atomic E-state index is -0.250. The van der Waals surface area contributed by atoms with Crippen molar-refractivity contribution in [2.24, 2.45) is 4.99 Å². The first-order valence-corrected chi connectivity index (χ1v) is 11.5. The van der Waals surface area contributed by atoms with Gasteiger partial charge in [0.15, 0.2) is 5.96 Å². The zero-order valence-electron chi connectivity index (χ0n) is 19.4. The number of rotatable bonds is 11. The SMILES string of the molecule is CCNC(=NCc1ccccc1CN1CCOCC1)NCCCCOc1ccc(F)cc1.I. The van der Waals surface area contributed by atoms with E-state index in [-0.39, 0.29) is 29.8 Å². The Balaban J connectivity index is 0.00000385. The second-order valence-corrected chi connectivity index (χ2v) is 7.79. The number of nitrogens with one attached hydrogen (secondary N) is 2. The van der Waals surface area contributed by atoms with E-state index in [0.717, 1.165) is 64.7 Å². The Morgan fingerprint density at radius 1 is 1.03 bits per heavy atom. The molecule has 0 amide bonds. The lowest BCUT2D eigenvalue weighted by Crippen LogP contribution is -2.38. The first-order valence-electron chi connectivity index (χ1n) is 11.5. The molecule has 1 heterocycles. The first-order chi connectivity index (χ1) is 15.7. The second-order valence-electron chi connectivity index (χ2n) is 7.79. The Morgan fingerprint density at radius 3 is 2.48 bits per heavy atom. The summed E-state index contributed by atoms with van der Waals surface area (Å²) in [6.07, 6.45) is 1.87. The Labute approximate surface area is 214 Å². The Kier molecular flexibility index (Phi) is 13.1. The normalized spacial score (nSPS) is 14.4. The second kappa shape index (κ2) is 15.8. The quantitative estimate of drug-likeness (QED) is 0.184. The molecule has 2 aromatic rings. The molecule has 6 nitrogen and oxygen atoms in total. The number of guanidine groups is 1. The molecule has 1 aliphatic rings. The molecule has 0 unspecified atom stereocenters. The number of halogens is 2. The number of morpholine rings is 1. The molecule has 0 spiro atoms. The van der Waals surface area contributed by atoms with Crippen LogP contribution in [0.25, 0.3) is 0 Å². The van der Waals surface area contributed by atoms with Crippen molar-refractivity contribution in [1.29, 1.82) is 0 Å². The van der Waals surface area contributed by atoms with Crippen LogP contribution in [-0.2, 0) is 17.8 Å². The summed E-state index contributed by atoms with van der Waals surface area (Å²) in [5, 5.41) is 6.73. The third-order valence-corrected chi connectivity index (χ3v) is 5.31. The molecule has 1 saturated heterocycles. The van der Waals surface area contributed by atoms with Crippen molar-refractivity contribution in [2.75, 3.05) is 46.0 Å². The van der Waals surface area contributed by atoms with Crippen LogP contribution >= 0.6 is 24.0 Å². The van der Waals surface area contributed by atoms with Gasteiger partial charge in [0.25, 0.3) is 0 Å². The Bertz CT molecular complexity index is 829. The van der Waals surface area contributed by atoms with Gasteiger partial charge in [-0.25, -0.2) is 9.38 Å². The third-order valence-electron chi connectivity index (χ3n) is 5.31. The van der Waals surface area contributed by atoms with Crippen molar-refractivity contribution in [3.63, 3.8) is 0 Å². The van der Waals surface area contributed by atoms with Crippen LogP contribution in [-0.4, -0.2) is 56.9 Å².